The summed E-state index contributed by atoms with van der Waals surface area (Å²) in [5.41, 5.74) is 0.900. The molecule has 0 saturated heterocycles. The summed E-state index contributed by atoms with van der Waals surface area (Å²) in [5.74, 6) is 3.27. The zero-order valence-electron chi connectivity index (χ0n) is 10.3. The Hall–Kier alpha value is -3.06. The Morgan fingerprint density at radius 1 is 0.850 bits per heavy atom. The Bertz CT molecular complexity index is 721. The van der Waals surface area contributed by atoms with Crippen molar-refractivity contribution in [2.45, 2.75) is 0 Å². The fourth-order valence-corrected chi connectivity index (χ4v) is 1.63. The Kier molecular flexibility index (Phi) is 3.82. The summed E-state index contributed by atoms with van der Waals surface area (Å²) in [6.07, 6.45) is 0. The lowest BCUT2D eigenvalue weighted by atomic mass is 10.0. The molecule has 0 aliphatic rings. The average Bonchev–Trinajstić information content (AvgIpc) is 2.45. The molecule has 0 fully saturated rings. The van der Waals surface area contributed by atoms with Crippen molar-refractivity contribution in [3.63, 3.8) is 0 Å². The van der Waals surface area contributed by atoms with E-state index < -0.39 is 11.9 Å². The maximum atomic E-state index is 11.1. The van der Waals surface area contributed by atoms with Gasteiger partial charge < -0.3 is 10.2 Å². The van der Waals surface area contributed by atoms with E-state index in [2.05, 4.69) is 11.8 Å². The number of benzene rings is 2. The zero-order chi connectivity index (χ0) is 14.5. The summed E-state index contributed by atoms with van der Waals surface area (Å²) in [7, 11) is 0. The third-order valence-electron chi connectivity index (χ3n) is 2.61. The molecule has 0 bridgehead atoms. The molecule has 2 aromatic carbocycles. The highest BCUT2D eigenvalue weighted by Crippen LogP contribution is 2.12. The highest BCUT2D eigenvalue weighted by atomic mass is 16.4. The van der Waals surface area contributed by atoms with Gasteiger partial charge in [0.05, 0.1) is 11.1 Å². The quantitative estimate of drug-likeness (QED) is 0.819. The summed E-state index contributed by atoms with van der Waals surface area (Å²) in [5, 5.41) is 18.0. The number of carboxylic acids is 2. The van der Waals surface area contributed by atoms with Crippen LogP contribution in [0.4, 0.5) is 0 Å². The maximum Gasteiger partial charge on any atom is 0.336 e. The van der Waals surface area contributed by atoms with Crippen LogP contribution in [0.25, 0.3) is 0 Å². The first kappa shape index (κ1) is 13.4. The van der Waals surface area contributed by atoms with Gasteiger partial charge in [-0.1, -0.05) is 30.0 Å². The Labute approximate surface area is 115 Å². The molecular weight excluding hydrogens is 256 g/mol. The van der Waals surface area contributed by atoms with Crippen molar-refractivity contribution in [1.82, 2.24) is 0 Å². The molecule has 2 aromatic rings. The van der Waals surface area contributed by atoms with E-state index in [1.54, 1.807) is 12.1 Å². The van der Waals surface area contributed by atoms with E-state index in [9.17, 15) is 9.59 Å². The van der Waals surface area contributed by atoms with Crippen LogP contribution in [0.3, 0.4) is 0 Å². The lowest BCUT2D eigenvalue weighted by Gasteiger charge is -2.01. The van der Waals surface area contributed by atoms with Crippen LogP contribution >= 0.6 is 0 Å². The molecule has 4 nitrogen and oxygen atoms in total. The molecule has 0 heterocycles. The van der Waals surface area contributed by atoms with Crippen LogP contribution in [0.5, 0.6) is 0 Å². The minimum absolute atomic E-state index is 0.00682. The van der Waals surface area contributed by atoms with Crippen molar-refractivity contribution in [2.24, 2.45) is 0 Å². The number of hydrogen-bond donors (Lipinski definition) is 2. The summed E-state index contributed by atoms with van der Waals surface area (Å²) in [6.45, 7) is 0. The molecule has 0 aliphatic carbocycles. The minimum atomic E-state index is -1.14. The first-order valence-electron chi connectivity index (χ1n) is 5.75. The first-order valence-corrected chi connectivity index (χ1v) is 5.75. The highest BCUT2D eigenvalue weighted by molar-refractivity contribution is 5.94. The molecule has 4 heteroatoms. The number of carbonyl (C=O) groups is 2. The normalized spacial score (nSPS) is 9.40. The molecule has 0 spiro atoms. The predicted octanol–water partition coefficient (Wildman–Crippen LogP) is 2.48. The van der Waals surface area contributed by atoms with Crippen molar-refractivity contribution in [1.29, 1.82) is 0 Å². The van der Waals surface area contributed by atoms with E-state index in [0.29, 0.717) is 0 Å². The molecule has 2 rings (SSSR count). The van der Waals surface area contributed by atoms with Gasteiger partial charge in [-0.25, -0.2) is 9.59 Å². The molecule has 98 valence electrons. The van der Waals surface area contributed by atoms with E-state index in [1.807, 2.05) is 18.2 Å². The Morgan fingerprint density at radius 2 is 1.55 bits per heavy atom. The number of aromatic carboxylic acids is 2. The van der Waals surface area contributed by atoms with Gasteiger partial charge in [-0.2, -0.15) is 0 Å². The van der Waals surface area contributed by atoms with Crippen molar-refractivity contribution in [3.05, 3.63) is 70.8 Å². The summed E-state index contributed by atoms with van der Waals surface area (Å²) in [6, 6.07) is 12.8. The third kappa shape index (κ3) is 3.03. The molecule has 0 aromatic heterocycles. The summed E-state index contributed by atoms with van der Waals surface area (Å²) in [4.78, 5) is 22.0. The number of hydrogen-bond acceptors (Lipinski definition) is 2. The van der Waals surface area contributed by atoms with E-state index in [0.717, 1.165) is 5.56 Å². The van der Waals surface area contributed by atoms with Gasteiger partial charge in [0.2, 0.25) is 0 Å². The topological polar surface area (TPSA) is 74.6 Å². The molecule has 2 N–H and O–H groups in total. The molecule has 0 amide bonds. The minimum Gasteiger partial charge on any atom is -0.478 e. The zero-order valence-corrected chi connectivity index (χ0v) is 10.3. The van der Waals surface area contributed by atoms with Gasteiger partial charge >= 0.3 is 11.9 Å². The maximum absolute atomic E-state index is 11.1. The number of rotatable bonds is 2. The smallest absolute Gasteiger partial charge is 0.336 e. The van der Waals surface area contributed by atoms with Gasteiger partial charge in [0, 0.05) is 11.1 Å². The van der Waals surface area contributed by atoms with Crippen LogP contribution in [0.15, 0.2) is 48.5 Å². The van der Waals surface area contributed by atoms with E-state index in [4.69, 9.17) is 10.2 Å². The largest absolute Gasteiger partial charge is 0.478 e. The third-order valence-corrected chi connectivity index (χ3v) is 2.61. The van der Waals surface area contributed by atoms with Crippen molar-refractivity contribution in [2.75, 3.05) is 0 Å². The molecule has 0 radical (unpaired) electrons. The summed E-state index contributed by atoms with van der Waals surface area (Å²) >= 11 is 0. The van der Waals surface area contributed by atoms with E-state index in [1.165, 1.54) is 18.2 Å². The second kappa shape index (κ2) is 5.72. The van der Waals surface area contributed by atoms with E-state index >= 15 is 0 Å². The van der Waals surface area contributed by atoms with Crippen LogP contribution in [-0.4, -0.2) is 22.2 Å². The monoisotopic (exact) mass is 266 g/mol. The van der Waals surface area contributed by atoms with Crippen molar-refractivity contribution < 1.29 is 19.8 Å². The fraction of sp³-hybridized carbons (Fsp3) is 0. The fourth-order valence-electron chi connectivity index (χ4n) is 1.63. The average molecular weight is 266 g/mol. The number of carboxylic acid groups (broad SMARTS) is 2. The molecule has 0 aliphatic heterocycles. The SMILES string of the molecule is O=C(O)c1ccc(C(=O)O)c(C#Cc2ccccc2)c1. The van der Waals surface area contributed by atoms with Gasteiger partial charge in [0.1, 0.15) is 0 Å². The summed E-state index contributed by atoms with van der Waals surface area (Å²) < 4.78 is 0. The van der Waals surface area contributed by atoms with Gasteiger partial charge in [0.15, 0.2) is 0 Å². The molecule has 0 atom stereocenters. The first-order chi connectivity index (χ1) is 9.58. The van der Waals surface area contributed by atoms with Crippen molar-refractivity contribution in [3.8, 4) is 11.8 Å². The van der Waals surface area contributed by atoms with E-state index in [-0.39, 0.29) is 16.7 Å². The molecule has 20 heavy (non-hydrogen) atoms. The van der Waals surface area contributed by atoms with Gasteiger partial charge in [0.25, 0.3) is 0 Å². The standard InChI is InChI=1S/C16H10O4/c17-15(18)13-8-9-14(16(19)20)12(10-13)7-6-11-4-2-1-3-5-11/h1-5,8-10H,(H,17,18)(H,19,20). The van der Waals surface area contributed by atoms with Crippen molar-refractivity contribution >= 4 is 11.9 Å². The predicted molar refractivity (Wildman–Crippen MR) is 72.8 cm³/mol. The van der Waals surface area contributed by atoms with Crippen LogP contribution < -0.4 is 0 Å². The van der Waals surface area contributed by atoms with Crippen LogP contribution in [-0.2, 0) is 0 Å². The second-order valence-electron chi connectivity index (χ2n) is 3.99. The van der Waals surface area contributed by atoms with Crippen LogP contribution in [0.1, 0.15) is 31.8 Å². The Balaban J connectivity index is 2.49. The lowest BCUT2D eigenvalue weighted by molar-refractivity contribution is 0.0681. The second-order valence-corrected chi connectivity index (χ2v) is 3.99. The molecule has 0 saturated carbocycles. The van der Waals surface area contributed by atoms with Crippen LogP contribution in [0, 0.1) is 11.8 Å². The van der Waals surface area contributed by atoms with Gasteiger partial charge in [-0.3, -0.25) is 0 Å². The van der Waals surface area contributed by atoms with Crippen LogP contribution in [0.2, 0.25) is 0 Å². The molecular formula is C16H10O4. The van der Waals surface area contributed by atoms with Gasteiger partial charge in [-0.05, 0) is 30.3 Å². The Morgan fingerprint density at radius 3 is 2.15 bits per heavy atom. The molecule has 0 unspecified atom stereocenters. The van der Waals surface area contributed by atoms with Gasteiger partial charge in [-0.15, -0.1) is 0 Å². The lowest BCUT2D eigenvalue weighted by Crippen LogP contribution is -2.03. The highest BCUT2D eigenvalue weighted by Gasteiger charge is 2.11.